The summed E-state index contributed by atoms with van der Waals surface area (Å²) in [6.07, 6.45) is 4.91. The van der Waals surface area contributed by atoms with E-state index in [9.17, 15) is 4.79 Å². The first-order valence-corrected chi connectivity index (χ1v) is 6.62. The van der Waals surface area contributed by atoms with Gasteiger partial charge in [-0.25, -0.2) is 4.79 Å². The van der Waals surface area contributed by atoms with E-state index in [1.807, 2.05) is 4.90 Å². The van der Waals surface area contributed by atoms with Crippen molar-refractivity contribution in [1.82, 2.24) is 15.5 Å². The van der Waals surface area contributed by atoms with Crippen molar-refractivity contribution in [2.45, 2.75) is 31.7 Å². The van der Waals surface area contributed by atoms with Gasteiger partial charge < -0.3 is 15.5 Å². The van der Waals surface area contributed by atoms with Gasteiger partial charge in [-0.3, -0.25) is 0 Å². The van der Waals surface area contributed by atoms with Gasteiger partial charge in [-0.2, -0.15) is 0 Å². The predicted molar refractivity (Wildman–Crippen MR) is 62.2 cm³/mol. The van der Waals surface area contributed by atoms with E-state index in [-0.39, 0.29) is 6.03 Å². The summed E-state index contributed by atoms with van der Waals surface area (Å²) in [5.41, 5.74) is 0. The Morgan fingerprint density at radius 3 is 2.31 bits per heavy atom. The highest BCUT2D eigenvalue weighted by molar-refractivity contribution is 5.75. The van der Waals surface area contributed by atoms with Gasteiger partial charge in [-0.15, -0.1) is 0 Å². The number of nitrogens with one attached hydrogen (secondary N) is 2. The highest BCUT2D eigenvalue weighted by Gasteiger charge is 2.53. The Balaban J connectivity index is 1.49. The summed E-state index contributed by atoms with van der Waals surface area (Å²) in [5, 5.41) is 6.55. The molecule has 3 aliphatic rings. The number of likely N-dealkylation sites (tertiary alicyclic amines) is 1. The van der Waals surface area contributed by atoms with Crippen LogP contribution in [0.15, 0.2) is 0 Å². The second kappa shape index (κ2) is 4.24. The lowest BCUT2D eigenvalue weighted by atomic mass is 10.2. The van der Waals surface area contributed by atoms with Crippen LogP contribution < -0.4 is 10.6 Å². The smallest absolute Gasteiger partial charge is 0.317 e. The molecule has 2 unspecified atom stereocenters. The fourth-order valence-corrected chi connectivity index (χ4v) is 3.14. The van der Waals surface area contributed by atoms with Crippen molar-refractivity contribution in [2.24, 2.45) is 11.8 Å². The van der Waals surface area contributed by atoms with E-state index in [0.29, 0.717) is 6.04 Å². The number of rotatable bonds is 1. The highest BCUT2D eigenvalue weighted by atomic mass is 16.2. The third kappa shape index (κ3) is 1.90. The molecule has 3 rings (SSSR count). The molecule has 4 nitrogen and oxygen atoms in total. The fraction of sp³-hybridized carbons (Fsp3) is 0.917. The van der Waals surface area contributed by atoms with Crippen LogP contribution in [0.3, 0.4) is 0 Å². The van der Waals surface area contributed by atoms with Crippen LogP contribution in [-0.4, -0.2) is 43.2 Å². The molecule has 0 radical (unpaired) electrons. The number of carbonyl (C=O) groups is 1. The van der Waals surface area contributed by atoms with Gasteiger partial charge in [-0.1, -0.05) is 12.8 Å². The van der Waals surface area contributed by atoms with E-state index in [2.05, 4.69) is 10.6 Å². The second-order valence-electron chi connectivity index (χ2n) is 5.36. The summed E-state index contributed by atoms with van der Waals surface area (Å²) in [6, 6.07) is 0.651. The van der Waals surface area contributed by atoms with Crippen molar-refractivity contribution in [3.05, 3.63) is 0 Å². The van der Waals surface area contributed by atoms with Crippen LogP contribution in [0.1, 0.15) is 25.7 Å². The zero-order chi connectivity index (χ0) is 11.0. The molecule has 3 fully saturated rings. The maximum Gasteiger partial charge on any atom is 0.317 e. The van der Waals surface area contributed by atoms with Crippen molar-refractivity contribution >= 4 is 6.03 Å². The van der Waals surface area contributed by atoms with Crippen LogP contribution in [-0.2, 0) is 0 Å². The first kappa shape index (κ1) is 10.4. The zero-order valence-electron chi connectivity index (χ0n) is 9.74. The van der Waals surface area contributed by atoms with Gasteiger partial charge in [0.2, 0.25) is 0 Å². The summed E-state index contributed by atoms with van der Waals surface area (Å²) < 4.78 is 0. The Bertz CT molecular complexity index is 263. The van der Waals surface area contributed by atoms with Gasteiger partial charge in [0, 0.05) is 32.2 Å². The van der Waals surface area contributed by atoms with E-state index in [1.165, 1.54) is 25.7 Å². The number of fused-ring (bicyclic) bond motifs is 1. The van der Waals surface area contributed by atoms with Gasteiger partial charge in [0.25, 0.3) is 0 Å². The minimum absolute atomic E-state index is 0.182. The molecule has 2 atom stereocenters. The number of hydrogen-bond acceptors (Lipinski definition) is 2. The predicted octanol–water partition coefficient (Wildman–Crippen LogP) is 0.790. The molecule has 2 N–H and O–H groups in total. The van der Waals surface area contributed by atoms with E-state index in [1.54, 1.807) is 0 Å². The lowest BCUT2D eigenvalue weighted by Gasteiger charge is -2.21. The Hall–Kier alpha value is -0.770. The second-order valence-corrected chi connectivity index (χ2v) is 5.36. The molecule has 1 aliphatic carbocycles. The van der Waals surface area contributed by atoms with E-state index in [4.69, 9.17) is 0 Å². The summed E-state index contributed by atoms with van der Waals surface area (Å²) in [6.45, 7) is 4.09. The molecule has 1 saturated carbocycles. The molecule has 2 amide bonds. The number of hydrogen-bond donors (Lipinski definition) is 2. The van der Waals surface area contributed by atoms with Gasteiger partial charge in [-0.05, 0) is 24.7 Å². The maximum atomic E-state index is 12.0. The van der Waals surface area contributed by atoms with Gasteiger partial charge >= 0.3 is 6.03 Å². The number of urea groups is 1. The molecule has 90 valence electrons. The zero-order valence-corrected chi connectivity index (χ0v) is 9.74. The van der Waals surface area contributed by atoms with E-state index in [0.717, 1.165) is 38.0 Å². The first-order chi connectivity index (χ1) is 7.86. The Morgan fingerprint density at radius 2 is 1.69 bits per heavy atom. The van der Waals surface area contributed by atoms with Crippen LogP contribution >= 0.6 is 0 Å². The SMILES string of the molecule is O=C(NC1C2CNCC21)N1CCCCCC1. The molecular formula is C12H21N3O. The summed E-state index contributed by atoms with van der Waals surface area (Å²) in [7, 11) is 0. The van der Waals surface area contributed by atoms with Crippen LogP contribution in [0.25, 0.3) is 0 Å². The molecule has 2 aliphatic heterocycles. The van der Waals surface area contributed by atoms with Crippen LogP contribution in [0.4, 0.5) is 4.79 Å². The van der Waals surface area contributed by atoms with Crippen LogP contribution in [0, 0.1) is 11.8 Å². The quantitative estimate of drug-likeness (QED) is 0.690. The molecule has 4 heteroatoms. The first-order valence-electron chi connectivity index (χ1n) is 6.62. The van der Waals surface area contributed by atoms with Gasteiger partial charge in [0.15, 0.2) is 0 Å². The molecule has 0 aromatic carbocycles. The van der Waals surface area contributed by atoms with E-state index < -0.39 is 0 Å². The maximum absolute atomic E-state index is 12.0. The Labute approximate surface area is 96.8 Å². The minimum atomic E-state index is 0.182. The van der Waals surface area contributed by atoms with Gasteiger partial charge in [0.1, 0.15) is 0 Å². The summed E-state index contributed by atoms with van der Waals surface area (Å²) in [4.78, 5) is 14.0. The number of piperidine rings is 1. The minimum Gasteiger partial charge on any atom is -0.335 e. The molecule has 0 spiro atoms. The third-order valence-corrected chi connectivity index (χ3v) is 4.28. The van der Waals surface area contributed by atoms with Crippen molar-refractivity contribution in [1.29, 1.82) is 0 Å². The van der Waals surface area contributed by atoms with Crippen LogP contribution in [0.5, 0.6) is 0 Å². The average molecular weight is 223 g/mol. The average Bonchev–Trinajstić information content (AvgIpc) is 2.82. The normalized spacial score (nSPS) is 37.8. The van der Waals surface area contributed by atoms with Crippen molar-refractivity contribution in [3.8, 4) is 0 Å². The molecule has 16 heavy (non-hydrogen) atoms. The van der Waals surface area contributed by atoms with Crippen molar-refractivity contribution in [3.63, 3.8) is 0 Å². The fourth-order valence-electron chi connectivity index (χ4n) is 3.14. The topological polar surface area (TPSA) is 44.4 Å². The van der Waals surface area contributed by atoms with Crippen molar-refractivity contribution < 1.29 is 4.79 Å². The lowest BCUT2D eigenvalue weighted by Crippen LogP contribution is -2.43. The van der Waals surface area contributed by atoms with Crippen molar-refractivity contribution in [2.75, 3.05) is 26.2 Å². The Kier molecular flexibility index (Phi) is 2.75. The summed E-state index contributed by atoms with van der Waals surface area (Å²) in [5.74, 6) is 1.44. The Morgan fingerprint density at radius 1 is 1.06 bits per heavy atom. The number of carbonyl (C=O) groups excluding carboxylic acids is 1. The summed E-state index contributed by atoms with van der Waals surface area (Å²) >= 11 is 0. The van der Waals surface area contributed by atoms with E-state index >= 15 is 0 Å². The molecule has 0 bridgehead atoms. The monoisotopic (exact) mass is 223 g/mol. The molecule has 0 aromatic heterocycles. The molecule has 0 aromatic rings. The largest absolute Gasteiger partial charge is 0.335 e. The standard InChI is InChI=1S/C12H21N3O/c16-12(15-5-3-1-2-4-6-15)14-11-9-7-13-8-10(9)11/h9-11,13H,1-8H2,(H,14,16). The molecule has 2 saturated heterocycles. The third-order valence-electron chi connectivity index (χ3n) is 4.28. The number of nitrogens with zero attached hydrogens (tertiary/aromatic N) is 1. The van der Waals surface area contributed by atoms with Gasteiger partial charge in [0.05, 0.1) is 0 Å². The molecular weight excluding hydrogens is 202 g/mol. The van der Waals surface area contributed by atoms with Crippen LogP contribution in [0.2, 0.25) is 0 Å². The lowest BCUT2D eigenvalue weighted by molar-refractivity contribution is 0.198. The number of amides is 2. The molecule has 2 heterocycles. The highest BCUT2D eigenvalue weighted by Crippen LogP contribution is 2.41.